The van der Waals surface area contributed by atoms with Gasteiger partial charge in [0.2, 0.25) is 5.78 Å². The average molecular weight is 368 g/mol. The predicted molar refractivity (Wildman–Crippen MR) is 99.4 cm³/mol. The lowest BCUT2D eigenvalue weighted by Crippen LogP contribution is -2.14. The van der Waals surface area contributed by atoms with E-state index in [0.717, 1.165) is 5.56 Å². The van der Waals surface area contributed by atoms with Crippen LogP contribution in [-0.2, 0) is 4.79 Å². The fourth-order valence-corrected chi connectivity index (χ4v) is 2.56. The highest BCUT2D eigenvalue weighted by atomic mass is 16.5. The second-order valence-corrected chi connectivity index (χ2v) is 6.29. The van der Waals surface area contributed by atoms with Crippen LogP contribution < -0.4 is 18.9 Å². The van der Waals surface area contributed by atoms with Crippen molar-refractivity contribution in [2.45, 2.75) is 13.8 Å². The Morgan fingerprint density at radius 3 is 2.44 bits per heavy atom. The lowest BCUT2D eigenvalue weighted by molar-refractivity contribution is -0.137. The molecule has 0 amide bonds. The van der Waals surface area contributed by atoms with Crippen LogP contribution in [0.1, 0.15) is 29.8 Å². The molecule has 0 atom stereocenters. The Hall–Kier alpha value is -3.28. The number of methoxy groups -OCH3 is 2. The molecule has 6 nitrogen and oxygen atoms in total. The van der Waals surface area contributed by atoms with E-state index < -0.39 is 0 Å². The number of ether oxygens (including phenoxy) is 4. The Bertz CT molecular complexity index is 926. The van der Waals surface area contributed by atoms with Crippen molar-refractivity contribution in [3.8, 4) is 23.0 Å². The van der Waals surface area contributed by atoms with Crippen LogP contribution in [0.4, 0.5) is 0 Å². The summed E-state index contributed by atoms with van der Waals surface area (Å²) >= 11 is 0. The number of esters is 1. The number of hydrogen-bond acceptors (Lipinski definition) is 6. The summed E-state index contributed by atoms with van der Waals surface area (Å²) in [6.45, 7) is 3.50. The van der Waals surface area contributed by atoms with Gasteiger partial charge in [0.05, 0.1) is 25.7 Å². The van der Waals surface area contributed by atoms with Gasteiger partial charge >= 0.3 is 5.97 Å². The van der Waals surface area contributed by atoms with Crippen molar-refractivity contribution in [1.29, 1.82) is 0 Å². The summed E-state index contributed by atoms with van der Waals surface area (Å²) < 4.78 is 21.4. The summed E-state index contributed by atoms with van der Waals surface area (Å²) in [5.41, 5.74) is 1.15. The zero-order valence-corrected chi connectivity index (χ0v) is 15.6. The molecular formula is C21H20O6. The molecule has 6 heteroatoms. The maximum atomic E-state index is 12.6. The molecule has 0 aromatic heterocycles. The van der Waals surface area contributed by atoms with Gasteiger partial charge in [0, 0.05) is 6.07 Å². The smallest absolute Gasteiger partial charge is 0.313 e. The van der Waals surface area contributed by atoms with E-state index in [0.29, 0.717) is 28.6 Å². The molecule has 2 aromatic carbocycles. The van der Waals surface area contributed by atoms with Crippen molar-refractivity contribution < 1.29 is 28.5 Å². The van der Waals surface area contributed by atoms with Gasteiger partial charge in [0.15, 0.2) is 17.3 Å². The van der Waals surface area contributed by atoms with E-state index in [9.17, 15) is 9.59 Å². The first-order chi connectivity index (χ1) is 12.9. The van der Waals surface area contributed by atoms with Crippen LogP contribution in [0.2, 0.25) is 0 Å². The minimum absolute atomic E-state index is 0.185. The number of ketones is 1. The summed E-state index contributed by atoms with van der Waals surface area (Å²) in [6, 6.07) is 10.0. The lowest BCUT2D eigenvalue weighted by Gasteiger charge is -2.08. The number of carbonyl (C=O) groups excluding carboxylic acids is 2. The molecule has 140 valence electrons. The Labute approximate surface area is 157 Å². The number of Topliss-reactive ketones (excluding diaryl/α,β-unsaturated/α-hetero) is 1. The van der Waals surface area contributed by atoms with Gasteiger partial charge in [-0.25, -0.2) is 0 Å². The van der Waals surface area contributed by atoms with Crippen LogP contribution in [0.5, 0.6) is 23.0 Å². The summed E-state index contributed by atoms with van der Waals surface area (Å²) in [6.07, 6.45) is 1.63. The normalized spacial score (nSPS) is 14.1. The third-order valence-corrected chi connectivity index (χ3v) is 4.04. The molecule has 0 N–H and O–H groups in total. The zero-order valence-electron chi connectivity index (χ0n) is 15.6. The molecule has 0 fully saturated rings. The molecule has 0 radical (unpaired) electrons. The van der Waals surface area contributed by atoms with Gasteiger partial charge in [-0.2, -0.15) is 0 Å². The predicted octanol–water partition coefficient (Wildman–Crippen LogP) is 3.88. The lowest BCUT2D eigenvalue weighted by atomic mass is 10.1. The SMILES string of the molecule is COc1ccc(C=C2Oc3cc(OC(=O)C(C)C)ccc3C2=O)cc1OC. The summed E-state index contributed by atoms with van der Waals surface area (Å²) in [5, 5.41) is 0. The highest BCUT2D eigenvalue weighted by molar-refractivity contribution is 6.14. The largest absolute Gasteiger partial charge is 0.493 e. The molecule has 1 aliphatic heterocycles. The highest BCUT2D eigenvalue weighted by Gasteiger charge is 2.28. The van der Waals surface area contributed by atoms with Gasteiger partial charge in [0.1, 0.15) is 11.5 Å². The van der Waals surface area contributed by atoms with Crippen LogP contribution in [0.25, 0.3) is 6.08 Å². The van der Waals surface area contributed by atoms with E-state index in [2.05, 4.69) is 0 Å². The Kier molecular flexibility index (Phi) is 5.16. The molecule has 3 rings (SSSR count). The number of allylic oxidation sites excluding steroid dienone is 1. The van der Waals surface area contributed by atoms with Gasteiger partial charge < -0.3 is 18.9 Å². The van der Waals surface area contributed by atoms with Crippen LogP contribution in [0.3, 0.4) is 0 Å². The van der Waals surface area contributed by atoms with E-state index in [1.165, 1.54) is 0 Å². The zero-order chi connectivity index (χ0) is 19.6. The molecule has 0 saturated carbocycles. The first-order valence-electron chi connectivity index (χ1n) is 8.45. The monoisotopic (exact) mass is 368 g/mol. The second-order valence-electron chi connectivity index (χ2n) is 6.29. The van der Waals surface area contributed by atoms with E-state index >= 15 is 0 Å². The minimum Gasteiger partial charge on any atom is -0.493 e. The van der Waals surface area contributed by atoms with Gasteiger partial charge in [-0.15, -0.1) is 0 Å². The third kappa shape index (κ3) is 3.79. The summed E-state index contributed by atoms with van der Waals surface area (Å²) in [5.74, 6) is 1.21. The van der Waals surface area contributed by atoms with Gasteiger partial charge in [-0.3, -0.25) is 9.59 Å². The molecule has 1 heterocycles. The number of benzene rings is 2. The topological polar surface area (TPSA) is 71.1 Å². The van der Waals surface area contributed by atoms with Crippen LogP contribution in [-0.4, -0.2) is 26.0 Å². The fraction of sp³-hybridized carbons (Fsp3) is 0.238. The van der Waals surface area contributed by atoms with Gasteiger partial charge in [0.25, 0.3) is 0 Å². The van der Waals surface area contributed by atoms with Gasteiger partial charge in [-0.1, -0.05) is 19.9 Å². The number of carbonyl (C=O) groups is 2. The van der Waals surface area contributed by atoms with Crippen LogP contribution >= 0.6 is 0 Å². The van der Waals surface area contributed by atoms with Crippen molar-refractivity contribution in [2.75, 3.05) is 14.2 Å². The van der Waals surface area contributed by atoms with Crippen molar-refractivity contribution in [3.63, 3.8) is 0 Å². The van der Waals surface area contributed by atoms with Crippen molar-refractivity contribution >= 4 is 17.8 Å². The summed E-state index contributed by atoms with van der Waals surface area (Å²) in [4.78, 5) is 24.3. The Morgan fingerprint density at radius 2 is 1.78 bits per heavy atom. The fourth-order valence-electron chi connectivity index (χ4n) is 2.56. The Morgan fingerprint density at radius 1 is 1.04 bits per heavy atom. The Balaban J connectivity index is 1.86. The van der Waals surface area contributed by atoms with Crippen molar-refractivity contribution in [1.82, 2.24) is 0 Å². The first-order valence-corrected chi connectivity index (χ1v) is 8.45. The molecular weight excluding hydrogens is 348 g/mol. The highest BCUT2D eigenvalue weighted by Crippen LogP contribution is 2.36. The molecule has 0 bridgehead atoms. The molecule has 0 saturated heterocycles. The van der Waals surface area contributed by atoms with E-state index in [4.69, 9.17) is 18.9 Å². The van der Waals surface area contributed by atoms with E-state index in [1.807, 2.05) is 0 Å². The first kappa shape index (κ1) is 18.5. The van der Waals surface area contributed by atoms with Crippen molar-refractivity contribution in [3.05, 3.63) is 53.3 Å². The molecule has 0 unspecified atom stereocenters. The minimum atomic E-state index is -0.347. The molecule has 1 aliphatic rings. The average Bonchev–Trinajstić information content (AvgIpc) is 2.96. The number of rotatable bonds is 5. The van der Waals surface area contributed by atoms with Gasteiger partial charge in [-0.05, 0) is 35.9 Å². The van der Waals surface area contributed by atoms with Crippen LogP contribution in [0.15, 0.2) is 42.2 Å². The van der Waals surface area contributed by atoms with Crippen molar-refractivity contribution in [2.24, 2.45) is 5.92 Å². The number of fused-ring (bicyclic) bond motifs is 1. The standard InChI is InChI=1S/C21H20O6/c1-12(2)21(23)26-14-6-7-15-17(11-14)27-19(20(15)22)10-13-5-8-16(24-3)18(9-13)25-4/h5-12H,1-4H3. The quantitative estimate of drug-likeness (QED) is 0.453. The number of hydrogen-bond donors (Lipinski definition) is 0. The van der Waals surface area contributed by atoms with E-state index in [-0.39, 0.29) is 23.4 Å². The maximum absolute atomic E-state index is 12.6. The van der Waals surface area contributed by atoms with Crippen LogP contribution in [0, 0.1) is 5.92 Å². The summed E-state index contributed by atoms with van der Waals surface area (Å²) in [7, 11) is 3.10. The van der Waals surface area contributed by atoms with E-state index in [1.54, 1.807) is 70.5 Å². The molecule has 27 heavy (non-hydrogen) atoms. The molecule has 2 aromatic rings. The second kappa shape index (κ2) is 7.53. The maximum Gasteiger partial charge on any atom is 0.313 e. The molecule has 0 spiro atoms. The third-order valence-electron chi connectivity index (χ3n) is 4.04. The molecule has 0 aliphatic carbocycles.